The van der Waals surface area contributed by atoms with Crippen LogP contribution < -0.4 is 5.32 Å². The molecule has 0 unspecified atom stereocenters. The zero-order chi connectivity index (χ0) is 14.9. The van der Waals surface area contributed by atoms with Crippen LogP contribution in [0.5, 0.6) is 5.75 Å². The van der Waals surface area contributed by atoms with E-state index in [2.05, 4.69) is 26.2 Å². The number of nitrogens with one attached hydrogen (secondary N) is 1. The molecule has 1 amide bonds. The average Bonchev–Trinajstić information content (AvgIpc) is 2.36. The van der Waals surface area contributed by atoms with Crippen LogP contribution in [0.25, 0.3) is 0 Å². The van der Waals surface area contributed by atoms with Gasteiger partial charge in [0.05, 0.1) is 11.3 Å². The number of aryl methyl sites for hydroxylation is 1. The minimum Gasteiger partial charge on any atom is -0.507 e. The fourth-order valence-corrected chi connectivity index (χ4v) is 2.56. The van der Waals surface area contributed by atoms with Gasteiger partial charge in [-0.1, -0.05) is 39.1 Å². The summed E-state index contributed by atoms with van der Waals surface area (Å²) in [7, 11) is 0. The van der Waals surface area contributed by atoms with Crippen molar-refractivity contribution >= 4 is 50.7 Å². The summed E-state index contributed by atoms with van der Waals surface area (Å²) in [6.07, 6.45) is 0. The van der Waals surface area contributed by atoms with Crippen LogP contribution in [0.4, 0.5) is 5.69 Å². The molecule has 0 saturated carbocycles. The van der Waals surface area contributed by atoms with E-state index in [0.717, 1.165) is 0 Å². The van der Waals surface area contributed by atoms with E-state index in [9.17, 15) is 9.90 Å². The Morgan fingerprint density at radius 3 is 2.70 bits per heavy atom. The average molecular weight is 376 g/mol. The number of pyridine rings is 1. The summed E-state index contributed by atoms with van der Waals surface area (Å²) >= 11 is 15.0. The highest BCUT2D eigenvalue weighted by atomic mass is 79.9. The summed E-state index contributed by atoms with van der Waals surface area (Å²) < 4.78 is 0.678. The van der Waals surface area contributed by atoms with E-state index in [1.807, 2.05) is 0 Å². The first-order valence-corrected chi connectivity index (χ1v) is 7.06. The van der Waals surface area contributed by atoms with Gasteiger partial charge in [-0.15, -0.1) is 0 Å². The number of phenolic OH excluding ortho intramolecular Hbond substituents is 1. The molecule has 20 heavy (non-hydrogen) atoms. The zero-order valence-electron chi connectivity index (χ0n) is 10.2. The smallest absolute Gasteiger partial charge is 0.259 e. The molecule has 0 radical (unpaired) electrons. The largest absolute Gasteiger partial charge is 0.507 e. The van der Waals surface area contributed by atoms with Gasteiger partial charge >= 0.3 is 0 Å². The lowest BCUT2D eigenvalue weighted by Crippen LogP contribution is -2.14. The second-order valence-corrected chi connectivity index (χ2v) is 5.70. The van der Waals surface area contributed by atoms with Crippen molar-refractivity contribution in [2.45, 2.75) is 6.92 Å². The molecule has 2 N–H and O–H groups in total. The molecule has 2 rings (SSSR count). The Kier molecular flexibility index (Phi) is 4.52. The number of benzene rings is 1. The number of anilines is 1. The van der Waals surface area contributed by atoms with E-state index >= 15 is 0 Å². The maximum atomic E-state index is 12.2. The molecule has 104 valence electrons. The van der Waals surface area contributed by atoms with Crippen LogP contribution in [0.3, 0.4) is 0 Å². The summed E-state index contributed by atoms with van der Waals surface area (Å²) in [6, 6.07) is 6.16. The number of aromatic hydroxyl groups is 1. The molecular weight excluding hydrogens is 367 g/mol. The van der Waals surface area contributed by atoms with E-state index in [0.29, 0.717) is 15.7 Å². The molecule has 1 aromatic carbocycles. The molecule has 0 bridgehead atoms. The van der Waals surface area contributed by atoms with Gasteiger partial charge < -0.3 is 10.4 Å². The molecule has 0 saturated heterocycles. The monoisotopic (exact) mass is 374 g/mol. The molecule has 0 spiro atoms. The Morgan fingerprint density at radius 1 is 1.35 bits per heavy atom. The van der Waals surface area contributed by atoms with E-state index in [4.69, 9.17) is 23.2 Å². The normalized spacial score (nSPS) is 10.4. The van der Waals surface area contributed by atoms with Crippen molar-refractivity contribution in [1.82, 2.24) is 4.98 Å². The van der Waals surface area contributed by atoms with Crippen LogP contribution in [0.15, 0.2) is 28.7 Å². The third-order valence-corrected chi connectivity index (χ3v) is 3.54. The summed E-state index contributed by atoms with van der Waals surface area (Å²) in [5.41, 5.74) is 1.17. The summed E-state index contributed by atoms with van der Waals surface area (Å²) in [6.45, 7) is 1.75. The summed E-state index contributed by atoms with van der Waals surface area (Å²) in [5.74, 6) is -0.612. The quantitative estimate of drug-likeness (QED) is 0.764. The molecule has 7 heteroatoms. The Balaban J connectivity index is 2.35. The van der Waals surface area contributed by atoms with Gasteiger partial charge in [-0.05, 0) is 36.8 Å². The molecule has 0 aliphatic heterocycles. The number of carbonyl (C=O) groups is 1. The van der Waals surface area contributed by atoms with Crippen molar-refractivity contribution in [1.29, 1.82) is 0 Å². The number of rotatable bonds is 2. The molecule has 0 fully saturated rings. The van der Waals surface area contributed by atoms with Crippen LogP contribution in [0.1, 0.15) is 15.9 Å². The zero-order valence-corrected chi connectivity index (χ0v) is 13.3. The summed E-state index contributed by atoms with van der Waals surface area (Å²) in [4.78, 5) is 16.0. The van der Waals surface area contributed by atoms with Crippen LogP contribution in [0.2, 0.25) is 10.3 Å². The van der Waals surface area contributed by atoms with Crippen molar-refractivity contribution in [2.24, 2.45) is 0 Å². The molecule has 4 nitrogen and oxygen atoms in total. The molecule has 2 aromatic rings. The van der Waals surface area contributed by atoms with E-state index in [-0.39, 0.29) is 21.6 Å². The van der Waals surface area contributed by atoms with Crippen molar-refractivity contribution in [3.63, 3.8) is 0 Å². The van der Waals surface area contributed by atoms with Crippen LogP contribution in [-0.4, -0.2) is 16.0 Å². The van der Waals surface area contributed by atoms with Crippen molar-refractivity contribution in [3.8, 4) is 5.75 Å². The van der Waals surface area contributed by atoms with E-state index in [1.165, 1.54) is 12.1 Å². The molecule has 0 atom stereocenters. The maximum absolute atomic E-state index is 12.2. The van der Waals surface area contributed by atoms with Crippen molar-refractivity contribution in [3.05, 3.63) is 50.2 Å². The minimum atomic E-state index is -0.488. The highest BCUT2D eigenvalue weighted by molar-refractivity contribution is 9.10. The fourth-order valence-electron chi connectivity index (χ4n) is 1.62. The van der Waals surface area contributed by atoms with Crippen LogP contribution in [-0.2, 0) is 0 Å². The Labute approximate surface area is 133 Å². The highest BCUT2D eigenvalue weighted by Crippen LogP contribution is 2.28. The van der Waals surface area contributed by atoms with Gasteiger partial charge in [-0.25, -0.2) is 4.98 Å². The van der Waals surface area contributed by atoms with Crippen LogP contribution in [0, 0.1) is 6.92 Å². The lowest BCUT2D eigenvalue weighted by atomic mass is 10.1. The molecule has 1 heterocycles. The number of halogens is 3. The lowest BCUT2D eigenvalue weighted by molar-refractivity contribution is 0.102. The topological polar surface area (TPSA) is 62.2 Å². The van der Waals surface area contributed by atoms with E-state index in [1.54, 1.807) is 19.1 Å². The van der Waals surface area contributed by atoms with Crippen molar-refractivity contribution in [2.75, 3.05) is 5.32 Å². The molecule has 1 aromatic heterocycles. The van der Waals surface area contributed by atoms with Crippen molar-refractivity contribution < 1.29 is 9.90 Å². The summed E-state index contributed by atoms with van der Waals surface area (Å²) in [5, 5.41) is 12.7. The molecular formula is C13H9BrCl2N2O2. The third-order valence-electron chi connectivity index (χ3n) is 2.58. The number of hydrogen-bond acceptors (Lipinski definition) is 3. The number of nitrogens with zero attached hydrogens (tertiary/aromatic N) is 1. The van der Waals surface area contributed by atoms with Crippen LogP contribution >= 0.6 is 39.1 Å². The Morgan fingerprint density at radius 2 is 2.05 bits per heavy atom. The first kappa shape index (κ1) is 15.1. The first-order chi connectivity index (χ1) is 9.38. The van der Waals surface area contributed by atoms with E-state index < -0.39 is 5.91 Å². The predicted octanol–water partition coefficient (Wildman–Crippen LogP) is 4.42. The number of phenols is 1. The molecule has 0 aliphatic rings. The second kappa shape index (κ2) is 5.99. The second-order valence-electron chi connectivity index (χ2n) is 4.04. The fraction of sp³-hybridized carbons (Fsp3) is 0.0769. The van der Waals surface area contributed by atoms with Gasteiger partial charge in [0.25, 0.3) is 5.91 Å². The highest BCUT2D eigenvalue weighted by Gasteiger charge is 2.15. The van der Waals surface area contributed by atoms with Gasteiger partial charge in [0.1, 0.15) is 10.9 Å². The standard InChI is InChI=1S/C13H9BrCl2N2O2/c1-6-4-10(15)17-12(16)11(6)18-13(20)8-5-7(14)2-3-9(8)19/h2-5,19H,1H3,(H,18,20). The number of hydrogen-bond donors (Lipinski definition) is 2. The first-order valence-electron chi connectivity index (χ1n) is 5.51. The number of amides is 1. The Hall–Kier alpha value is -1.30. The Bertz CT molecular complexity index is 669. The van der Waals surface area contributed by atoms with Gasteiger partial charge in [0, 0.05) is 4.47 Å². The third kappa shape index (κ3) is 3.23. The molecule has 0 aliphatic carbocycles. The van der Waals surface area contributed by atoms with Gasteiger partial charge in [-0.2, -0.15) is 0 Å². The lowest BCUT2D eigenvalue weighted by Gasteiger charge is -2.11. The van der Waals surface area contributed by atoms with Gasteiger partial charge in [0.15, 0.2) is 5.15 Å². The minimum absolute atomic E-state index is 0.0952. The van der Waals surface area contributed by atoms with Gasteiger partial charge in [0.2, 0.25) is 0 Å². The van der Waals surface area contributed by atoms with Gasteiger partial charge in [-0.3, -0.25) is 4.79 Å². The number of aromatic nitrogens is 1. The number of carbonyl (C=O) groups excluding carboxylic acids is 1. The maximum Gasteiger partial charge on any atom is 0.259 e. The SMILES string of the molecule is Cc1cc(Cl)nc(Cl)c1NC(=O)c1cc(Br)ccc1O. The predicted molar refractivity (Wildman–Crippen MR) is 82.8 cm³/mol.